The van der Waals surface area contributed by atoms with Crippen LogP contribution in [0.25, 0.3) is 0 Å². The summed E-state index contributed by atoms with van der Waals surface area (Å²) in [4.78, 5) is 20.3. The largest absolute Gasteiger partial charge is 0.477 e. The maximum Gasteiger partial charge on any atom is 0.354 e. The third-order valence-corrected chi connectivity index (χ3v) is 5.25. The lowest BCUT2D eigenvalue weighted by Gasteiger charge is -2.35. The first-order valence-corrected chi connectivity index (χ1v) is 8.82. The van der Waals surface area contributed by atoms with Gasteiger partial charge in [-0.2, -0.15) is 0 Å². The zero-order chi connectivity index (χ0) is 17.2. The predicted molar refractivity (Wildman–Crippen MR) is 95.3 cm³/mol. The molecule has 0 aromatic carbocycles. The molecule has 4 nitrogen and oxygen atoms in total. The number of aromatic nitrogens is 1. The molecule has 1 unspecified atom stereocenters. The number of nitrogens with zero attached hydrogens (tertiary/aromatic N) is 2. The number of rotatable bonds is 3. The predicted octanol–water partition coefficient (Wildman–Crippen LogP) is 4.07. The molecule has 1 atom stereocenters. The van der Waals surface area contributed by atoms with Crippen LogP contribution in [-0.4, -0.2) is 28.3 Å². The first kappa shape index (κ1) is 16.9. The van der Waals surface area contributed by atoms with Gasteiger partial charge in [0.25, 0.3) is 0 Å². The van der Waals surface area contributed by atoms with E-state index < -0.39 is 5.97 Å². The highest BCUT2D eigenvalue weighted by Crippen LogP contribution is 2.42. The van der Waals surface area contributed by atoms with Crippen molar-refractivity contribution in [2.24, 2.45) is 16.3 Å². The van der Waals surface area contributed by atoms with Crippen molar-refractivity contribution in [1.82, 2.24) is 4.98 Å². The van der Waals surface area contributed by atoms with Crippen LogP contribution in [0.1, 0.15) is 51.5 Å². The average Bonchev–Trinajstić information content (AvgIpc) is 2.50. The van der Waals surface area contributed by atoms with Gasteiger partial charge >= 0.3 is 5.97 Å². The van der Waals surface area contributed by atoms with Gasteiger partial charge in [-0.05, 0) is 67.1 Å². The van der Waals surface area contributed by atoms with E-state index in [-0.39, 0.29) is 5.41 Å². The van der Waals surface area contributed by atoms with Gasteiger partial charge in [0.1, 0.15) is 5.71 Å². The number of hydrogen-bond acceptors (Lipinski definition) is 3. The quantitative estimate of drug-likeness (QED) is 0.911. The number of carboxylic acid groups (broad SMARTS) is 1. The van der Waals surface area contributed by atoms with Crippen molar-refractivity contribution in [3.63, 3.8) is 0 Å². The van der Waals surface area contributed by atoms with Gasteiger partial charge in [-0.3, -0.25) is 9.98 Å². The minimum absolute atomic E-state index is 0.250. The minimum Gasteiger partial charge on any atom is -0.477 e. The van der Waals surface area contributed by atoms with Crippen molar-refractivity contribution in [2.75, 3.05) is 6.54 Å². The molecule has 0 saturated heterocycles. The van der Waals surface area contributed by atoms with Gasteiger partial charge in [0.15, 0.2) is 0 Å². The van der Waals surface area contributed by atoms with Gasteiger partial charge in [0.2, 0.25) is 0 Å². The first-order valence-electron chi connectivity index (χ1n) is 8.82. The van der Waals surface area contributed by atoms with Crippen molar-refractivity contribution in [2.45, 2.75) is 52.4 Å². The maximum atomic E-state index is 11.6. The molecule has 1 aromatic heterocycles. The average molecular weight is 326 g/mol. The Morgan fingerprint density at radius 2 is 2.25 bits per heavy atom. The number of aliphatic carboxylic acids is 1. The monoisotopic (exact) mass is 326 g/mol. The molecule has 0 bridgehead atoms. The Labute approximate surface area is 143 Å². The lowest BCUT2D eigenvalue weighted by Crippen LogP contribution is -2.28. The fourth-order valence-electron chi connectivity index (χ4n) is 4.02. The van der Waals surface area contributed by atoms with E-state index in [9.17, 15) is 9.90 Å². The molecule has 1 aliphatic heterocycles. The van der Waals surface area contributed by atoms with Crippen LogP contribution in [0, 0.1) is 11.3 Å². The smallest absolute Gasteiger partial charge is 0.354 e. The molecule has 2 aliphatic rings. The normalized spacial score (nSPS) is 23.8. The van der Waals surface area contributed by atoms with Crippen LogP contribution in [0.5, 0.6) is 0 Å². The van der Waals surface area contributed by atoms with Crippen LogP contribution >= 0.6 is 0 Å². The van der Waals surface area contributed by atoms with Crippen molar-refractivity contribution >= 4 is 11.7 Å². The summed E-state index contributed by atoms with van der Waals surface area (Å²) < 4.78 is 0. The number of aliphatic imine (C=N–C) groups is 1. The second-order valence-electron chi connectivity index (χ2n) is 7.88. The third kappa shape index (κ3) is 3.92. The van der Waals surface area contributed by atoms with E-state index in [1.54, 1.807) is 6.20 Å². The topological polar surface area (TPSA) is 62.5 Å². The van der Waals surface area contributed by atoms with Gasteiger partial charge in [0, 0.05) is 18.9 Å². The van der Waals surface area contributed by atoms with E-state index >= 15 is 0 Å². The van der Waals surface area contributed by atoms with Crippen molar-refractivity contribution in [1.29, 1.82) is 0 Å². The number of carbonyl (C=O) groups is 1. The Kier molecular flexibility index (Phi) is 4.83. The summed E-state index contributed by atoms with van der Waals surface area (Å²) in [6.07, 6.45) is 9.50. The van der Waals surface area contributed by atoms with E-state index in [0.717, 1.165) is 44.1 Å². The molecule has 0 saturated carbocycles. The van der Waals surface area contributed by atoms with Gasteiger partial charge in [-0.15, -0.1) is 0 Å². The molecule has 24 heavy (non-hydrogen) atoms. The van der Waals surface area contributed by atoms with Gasteiger partial charge in [-0.25, -0.2) is 4.79 Å². The lowest BCUT2D eigenvalue weighted by molar-refractivity contribution is -0.129. The molecule has 0 radical (unpaired) electrons. The third-order valence-electron chi connectivity index (χ3n) is 5.25. The Bertz CT molecular complexity index is 674. The summed E-state index contributed by atoms with van der Waals surface area (Å²) in [6.45, 7) is 5.17. The molecule has 1 N–H and O–H groups in total. The zero-order valence-corrected chi connectivity index (χ0v) is 14.6. The van der Waals surface area contributed by atoms with E-state index in [1.165, 1.54) is 11.1 Å². The molecule has 1 aliphatic carbocycles. The van der Waals surface area contributed by atoms with Crippen LogP contribution in [0.2, 0.25) is 0 Å². The molecule has 0 spiro atoms. The van der Waals surface area contributed by atoms with Gasteiger partial charge < -0.3 is 5.11 Å². The SMILES string of the molecule is CC1(C)CCC2=C(CC(Cc3cccnc3)CCN=C2C(=O)O)C1. The molecule has 2 heterocycles. The van der Waals surface area contributed by atoms with E-state index in [1.807, 2.05) is 12.3 Å². The minimum atomic E-state index is -0.868. The highest BCUT2D eigenvalue weighted by molar-refractivity contribution is 6.42. The van der Waals surface area contributed by atoms with Crippen molar-refractivity contribution in [3.05, 3.63) is 41.2 Å². The van der Waals surface area contributed by atoms with Crippen LogP contribution in [0.4, 0.5) is 0 Å². The van der Waals surface area contributed by atoms with E-state index in [2.05, 4.69) is 29.9 Å². The maximum absolute atomic E-state index is 11.6. The van der Waals surface area contributed by atoms with Crippen LogP contribution < -0.4 is 0 Å². The lowest BCUT2D eigenvalue weighted by atomic mass is 9.70. The summed E-state index contributed by atoms with van der Waals surface area (Å²) in [5.41, 5.74) is 4.15. The molecule has 1 aromatic rings. The summed E-state index contributed by atoms with van der Waals surface area (Å²) in [7, 11) is 0. The zero-order valence-electron chi connectivity index (χ0n) is 14.6. The molecule has 128 valence electrons. The molecular formula is C20H26N2O2. The first-order chi connectivity index (χ1) is 11.4. The summed E-state index contributed by atoms with van der Waals surface area (Å²) in [5, 5.41) is 9.55. The highest BCUT2D eigenvalue weighted by Gasteiger charge is 2.32. The summed E-state index contributed by atoms with van der Waals surface area (Å²) in [6, 6.07) is 4.10. The van der Waals surface area contributed by atoms with Crippen molar-refractivity contribution in [3.8, 4) is 0 Å². The molecular weight excluding hydrogens is 300 g/mol. The van der Waals surface area contributed by atoms with Crippen molar-refractivity contribution < 1.29 is 9.90 Å². The molecule has 0 amide bonds. The summed E-state index contributed by atoms with van der Waals surface area (Å²) >= 11 is 0. The van der Waals surface area contributed by atoms with Gasteiger partial charge in [-0.1, -0.05) is 25.5 Å². The molecule has 3 rings (SSSR count). The van der Waals surface area contributed by atoms with Crippen LogP contribution in [0.3, 0.4) is 0 Å². The Morgan fingerprint density at radius 1 is 1.42 bits per heavy atom. The Morgan fingerprint density at radius 3 is 2.96 bits per heavy atom. The standard InChI is InChI=1S/C20H26N2O2/c1-20(2)7-5-17-16(12-20)11-14(6-9-22-18(17)19(23)24)10-15-4-3-8-21-13-15/h3-4,8,13-14H,5-7,9-12H2,1-2H3,(H,23,24). The summed E-state index contributed by atoms with van der Waals surface area (Å²) in [5.74, 6) is -0.361. The van der Waals surface area contributed by atoms with Crippen LogP contribution in [0.15, 0.2) is 40.7 Å². The van der Waals surface area contributed by atoms with Gasteiger partial charge in [0.05, 0.1) is 0 Å². The number of carboxylic acids is 1. The molecule has 4 heteroatoms. The Balaban J connectivity index is 1.87. The van der Waals surface area contributed by atoms with E-state index in [4.69, 9.17) is 0 Å². The number of allylic oxidation sites excluding steroid dienone is 1. The highest BCUT2D eigenvalue weighted by atomic mass is 16.4. The second-order valence-corrected chi connectivity index (χ2v) is 7.88. The Hall–Kier alpha value is -1.97. The van der Waals surface area contributed by atoms with E-state index in [0.29, 0.717) is 18.2 Å². The number of pyridine rings is 1. The fraction of sp³-hybridized carbons (Fsp3) is 0.550. The second kappa shape index (κ2) is 6.88. The fourth-order valence-corrected chi connectivity index (χ4v) is 4.02. The van der Waals surface area contributed by atoms with Crippen LogP contribution in [-0.2, 0) is 11.2 Å². The molecule has 0 fully saturated rings. The number of hydrogen-bond donors (Lipinski definition) is 1.